The van der Waals surface area contributed by atoms with Crippen LogP contribution < -0.4 is 9.47 Å². The molecule has 0 aliphatic carbocycles. The summed E-state index contributed by atoms with van der Waals surface area (Å²) in [5.74, 6) is 3.12. The largest absolute Gasteiger partial charge is 0.496 e. The summed E-state index contributed by atoms with van der Waals surface area (Å²) in [6.07, 6.45) is 4.75. The van der Waals surface area contributed by atoms with Gasteiger partial charge in [-0.3, -0.25) is 0 Å². The van der Waals surface area contributed by atoms with Crippen LogP contribution in [0.15, 0.2) is 12.1 Å². The quantitative estimate of drug-likeness (QED) is 0.606. The lowest BCUT2D eigenvalue weighted by molar-refractivity contribution is 0.383. The molecule has 0 aromatic heterocycles. The second-order valence-electron chi connectivity index (χ2n) is 5.16. The average Bonchev–Trinajstić information content (AvgIpc) is 2.44. The Morgan fingerprint density at radius 2 is 1.70 bits per heavy atom. The summed E-state index contributed by atoms with van der Waals surface area (Å²) in [6.45, 7) is 6.61. The molecule has 2 nitrogen and oxygen atoms in total. The number of hydrogen-bond donors (Lipinski definition) is 0. The summed E-state index contributed by atoms with van der Waals surface area (Å²) in [7, 11) is 3.47. The molecule has 20 heavy (non-hydrogen) atoms. The van der Waals surface area contributed by atoms with E-state index in [0.29, 0.717) is 0 Å². The van der Waals surface area contributed by atoms with E-state index < -0.39 is 0 Å². The van der Waals surface area contributed by atoms with Gasteiger partial charge in [-0.15, -0.1) is 0 Å². The first kappa shape index (κ1) is 17.2. The van der Waals surface area contributed by atoms with Crippen molar-refractivity contribution >= 4 is 11.8 Å². The second kappa shape index (κ2) is 9.17. The van der Waals surface area contributed by atoms with Gasteiger partial charge in [0, 0.05) is 10.8 Å². The fourth-order valence-corrected chi connectivity index (χ4v) is 3.37. The fraction of sp³-hybridized carbons (Fsp3) is 0.647. The number of methoxy groups -OCH3 is 2. The van der Waals surface area contributed by atoms with Gasteiger partial charge in [0.15, 0.2) is 0 Å². The lowest BCUT2D eigenvalue weighted by Gasteiger charge is -2.15. The highest BCUT2D eigenvalue weighted by atomic mass is 32.2. The molecule has 3 heteroatoms. The molecule has 1 rings (SSSR count). The minimum absolute atomic E-state index is 0.766. The molecule has 0 saturated carbocycles. The van der Waals surface area contributed by atoms with E-state index in [0.717, 1.165) is 23.2 Å². The van der Waals surface area contributed by atoms with Crippen LogP contribution >= 0.6 is 11.8 Å². The van der Waals surface area contributed by atoms with Crippen molar-refractivity contribution in [3.63, 3.8) is 0 Å². The third-order valence-corrected chi connectivity index (χ3v) is 4.63. The minimum Gasteiger partial charge on any atom is -0.496 e. The van der Waals surface area contributed by atoms with Crippen molar-refractivity contribution in [3.05, 3.63) is 23.3 Å². The van der Waals surface area contributed by atoms with Gasteiger partial charge in [0.25, 0.3) is 0 Å². The fourth-order valence-electron chi connectivity index (χ4n) is 2.46. The SMILES string of the molecule is CCSC(C)CCCCc1c(OC)cc(C)cc1OC. The van der Waals surface area contributed by atoms with Crippen LogP contribution in [0.1, 0.15) is 44.2 Å². The Morgan fingerprint density at radius 3 is 2.20 bits per heavy atom. The van der Waals surface area contributed by atoms with Crippen molar-refractivity contribution in [3.8, 4) is 11.5 Å². The van der Waals surface area contributed by atoms with E-state index in [-0.39, 0.29) is 0 Å². The van der Waals surface area contributed by atoms with Crippen LogP contribution in [-0.2, 0) is 6.42 Å². The summed E-state index contributed by atoms with van der Waals surface area (Å²) in [5.41, 5.74) is 2.38. The molecule has 0 radical (unpaired) electrons. The highest BCUT2D eigenvalue weighted by Gasteiger charge is 2.11. The van der Waals surface area contributed by atoms with Gasteiger partial charge in [0.05, 0.1) is 14.2 Å². The lowest BCUT2D eigenvalue weighted by atomic mass is 10.0. The van der Waals surface area contributed by atoms with Gasteiger partial charge in [-0.25, -0.2) is 0 Å². The average molecular weight is 296 g/mol. The van der Waals surface area contributed by atoms with Gasteiger partial charge >= 0.3 is 0 Å². The van der Waals surface area contributed by atoms with Gasteiger partial charge < -0.3 is 9.47 Å². The molecule has 0 saturated heterocycles. The normalized spacial score (nSPS) is 12.2. The maximum Gasteiger partial charge on any atom is 0.126 e. The van der Waals surface area contributed by atoms with E-state index >= 15 is 0 Å². The van der Waals surface area contributed by atoms with Gasteiger partial charge in [0.2, 0.25) is 0 Å². The van der Waals surface area contributed by atoms with Crippen molar-refractivity contribution < 1.29 is 9.47 Å². The predicted molar refractivity (Wildman–Crippen MR) is 89.4 cm³/mol. The van der Waals surface area contributed by atoms with Crippen molar-refractivity contribution in [2.75, 3.05) is 20.0 Å². The van der Waals surface area contributed by atoms with E-state index in [2.05, 4.69) is 32.9 Å². The third-order valence-electron chi connectivity index (χ3n) is 3.49. The lowest BCUT2D eigenvalue weighted by Crippen LogP contribution is -2.00. The maximum atomic E-state index is 5.50. The van der Waals surface area contributed by atoms with Crippen LogP contribution in [-0.4, -0.2) is 25.2 Å². The molecule has 0 aliphatic rings. The molecule has 1 atom stereocenters. The van der Waals surface area contributed by atoms with Gasteiger partial charge in [-0.05, 0) is 49.6 Å². The van der Waals surface area contributed by atoms with Gasteiger partial charge in [-0.1, -0.05) is 20.3 Å². The molecule has 0 fully saturated rings. The van der Waals surface area contributed by atoms with Crippen molar-refractivity contribution in [2.45, 2.75) is 51.7 Å². The Hall–Kier alpha value is -0.830. The zero-order valence-corrected chi connectivity index (χ0v) is 14.3. The molecule has 114 valence electrons. The summed E-state index contributed by atoms with van der Waals surface area (Å²) in [5, 5.41) is 0.766. The van der Waals surface area contributed by atoms with Gasteiger partial charge in [-0.2, -0.15) is 11.8 Å². The summed E-state index contributed by atoms with van der Waals surface area (Å²) in [4.78, 5) is 0. The van der Waals surface area contributed by atoms with Crippen molar-refractivity contribution in [1.29, 1.82) is 0 Å². The topological polar surface area (TPSA) is 18.5 Å². The molecule has 0 bridgehead atoms. The third kappa shape index (κ3) is 5.28. The molecule has 1 aromatic carbocycles. The first-order valence-electron chi connectivity index (χ1n) is 7.45. The van der Waals surface area contributed by atoms with E-state index in [1.54, 1.807) is 14.2 Å². The minimum atomic E-state index is 0.766. The summed E-state index contributed by atoms with van der Waals surface area (Å²) in [6, 6.07) is 4.18. The zero-order chi connectivity index (χ0) is 15.0. The van der Waals surface area contributed by atoms with Crippen LogP contribution in [0.2, 0.25) is 0 Å². The second-order valence-corrected chi connectivity index (χ2v) is 6.88. The first-order valence-corrected chi connectivity index (χ1v) is 8.50. The van der Waals surface area contributed by atoms with Gasteiger partial charge in [0.1, 0.15) is 11.5 Å². The number of unbranched alkanes of at least 4 members (excludes halogenated alkanes) is 1. The highest BCUT2D eigenvalue weighted by molar-refractivity contribution is 7.99. The van der Waals surface area contributed by atoms with E-state index in [9.17, 15) is 0 Å². The number of aryl methyl sites for hydroxylation is 1. The predicted octanol–water partition coefficient (Wildman–Crippen LogP) is 4.87. The molecule has 0 spiro atoms. The van der Waals surface area contributed by atoms with Crippen LogP contribution in [0.25, 0.3) is 0 Å². The van der Waals surface area contributed by atoms with Crippen LogP contribution in [0.3, 0.4) is 0 Å². The zero-order valence-electron chi connectivity index (χ0n) is 13.5. The summed E-state index contributed by atoms with van der Waals surface area (Å²) < 4.78 is 11.0. The molecule has 1 unspecified atom stereocenters. The van der Waals surface area contributed by atoms with E-state index in [1.165, 1.54) is 36.1 Å². The summed E-state index contributed by atoms with van der Waals surface area (Å²) >= 11 is 2.05. The molecular weight excluding hydrogens is 268 g/mol. The Morgan fingerprint density at radius 1 is 1.10 bits per heavy atom. The monoisotopic (exact) mass is 296 g/mol. The van der Waals surface area contributed by atoms with Crippen molar-refractivity contribution in [1.82, 2.24) is 0 Å². The standard InChI is InChI=1S/C17H28O2S/c1-6-20-14(3)9-7-8-10-15-16(18-4)11-13(2)12-17(15)19-5/h11-12,14H,6-10H2,1-5H3. The molecule has 0 N–H and O–H groups in total. The van der Waals surface area contributed by atoms with E-state index in [4.69, 9.17) is 9.47 Å². The molecule has 0 heterocycles. The van der Waals surface area contributed by atoms with Crippen LogP contribution in [0.4, 0.5) is 0 Å². The first-order chi connectivity index (χ1) is 9.62. The highest BCUT2D eigenvalue weighted by Crippen LogP contribution is 2.32. The number of hydrogen-bond acceptors (Lipinski definition) is 3. The smallest absolute Gasteiger partial charge is 0.126 e. The van der Waals surface area contributed by atoms with Crippen LogP contribution in [0, 0.1) is 6.92 Å². The Bertz CT molecular complexity index is 379. The number of ether oxygens (including phenoxy) is 2. The molecule has 0 aliphatic heterocycles. The number of benzene rings is 1. The maximum absolute atomic E-state index is 5.50. The molecule has 1 aromatic rings. The Balaban J connectivity index is 2.58. The van der Waals surface area contributed by atoms with Crippen molar-refractivity contribution in [2.24, 2.45) is 0 Å². The Labute approximate surface area is 128 Å². The number of rotatable bonds is 9. The molecule has 0 amide bonds. The van der Waals surface area contributed by atoms with E-state index in [1.807, 2.05) is 11.8 Å². The number of thioether (sulfide) groups is 1. The van der Waals surface area contributed by atoms with Crippen LogP contribution in [0.5, 0.6) is 11.5 Å². The Kier molecular flexibility index (Phi) is 7.90. The molecular formula is C17H28O2S.